The van der Waals surface area contributed by atoms with Gasteiger partial charge in [-0.3, -0.25) is 0 Å². The van der Waals surface area contributed by atoms with Crippen LogP contribution in [-0.4, -0.2) is 15.9 Å². The SMILES string of the molecule is COc1cccc(-c2c(C)c(C)c(C)[c-]2C[Si](c2ccccc2)c2ccccc2)c1.[Cl-].[Cl-].[Cl-].[Ti+4]. The number of hydrogen-bond acceptors (Lipinski definition) is 1. The van der Waals surface area contributed by atoms with E-state index >= 15 is 0 Å². The molecule has 1 nitrogen and oxygen atoms in total. The van der Waals surface area contributed by atoms with Crippen LogP contribution < -0.4 is 52.3 Å². The van der Waals surface area contributed by atoms with Crippen LogP contribution in [0, 0.1) is 20.8 Å². The molecule has 1 radical (unpaired) electrons. The van der Waals surface area contributed by atoms with E-state index in [9.17, 15) is 0 Å². The molecule has 0 fully saturated rings. The van der Waals surface area contributed by atoms with Crippen LogP contribution >= 0.6 is 0 Å². The van der Waals surface area contributed by atoms with Gasteiger partial charge in [-0.1, -0.05) is 122 Å². The third kappa shape index (κ3) is 6.85. The fourth-order valence-electron chi connectivity index (χ4n) is 4.33. The van der Waals surface area contributed by atoms with Crippen LogP contribution in [0.25, 0.3) is 11.1 Å². The maximum absolute atomic E-state index is 5.52. The number of rotatable bonds is 6. The smallest absolute Gasteiger partial charge is 1.00 e. The quantitative estimate of drug-likeness (QED) is 0.175. The molecule has 4 aromatic carbocycles. The van der Waals surface area contributed by atoms with E-state index in [-0.39, 0.29) is 58.9 Å². The Morgan fingerprint density at radius 3 is 1.74 bits per heavy atom. The first kappa shape index (κ1) is 32.6. The van der Waals surface area contributed by atoms with Gasteiger partial charge in [-0.15, -0.1) is 16.7 Å². The summed E-state index contributed by atoms with van der Waals surface area (Å²) < 4.78 is 5.52. The molecule has 0 spiro atoms. The summed E-state index contributed by atoms with van der Waals surface area (Å²) in [7, 11) is 0.783. The minimum absolute atomic E-state index is 0. The van der Waals surface area contributed by atoms with Crippen molar-refractivity contribution in [3.63, 3.8) is 0 Å². The number of halogens is 3. The van der Waals surface area contributed by atoms with Crippen molar-refractivity contribution in [2.24, 2.45) is 0 Å². The second-order valence-electron chi connectivity index (χ2n) is 7.85. The van der Waals surface area contributed by atoms with Crippen molar-refractivity contribution >= 4 is 19.2 Å². The Kier molecular flexibility index (Phi) is 14.3. The minimum Gasteiger partial charge on any atom is -1.00 e. The molecule has 4 aromatic rings. The predicted octanol–water partition coefficient (Wildman–Crippen LogP) is -3.59. The van der Waals surface area contributed by atoms with Gasteiger partial charge in [-0.2, -0.15) is 11.1 Å². The van der Waals surface area contributed by atoms with Crippen molar-refractivity contribution in [1.82, 2.24) is 0 Å². The number of benzene rings is 3. The molecule has 175 valence electrons. The summed E-state index contributed by atoms with van der Waals surface area (Å²) in [6.45, 7) is 6.81. The van der Waals surface area contributed by atoms with Crippen molar-refractivity contribution < 1.29 is 63.7 Å². The van der Waals surface area contributed by atoms with E-state index in [1.807, 2.05) is 6.07 Å². The molecule has 0 aliphatic carbocycles. The zero-order chi connectivity index (χ0) is 21.1. The summed E-state index contributed by atoms with van der Waals surface area (Å²) in [4.78, 5) is 0. The van der Waals surface area contributed by atoms with Crippen LogP contribution in [0.1, 0.15) is 22.3 Å². The summed E-state index contributed by atoms with van der Waals surface area (Å²) >= 11 is 0. The Bertz CT molecular complexity index is 1110. The topological polar surface area (TPSA) is 9.23 Å². The molecule has 4 rings (SSSR count). The largest absolute Gasteiger partial charge is 4.00 e. The molecule has 0 aromatic heterocycles. The average molecular weight is 563 g/mol. The maximum Gasteiger partial charge on any atom is 4.00 e. The fourth-order valence-corrected chi connectivity index (χ4v) is 7.05. The van der Waals surface area contributed by atoms with Gasteiger partial charge < -0.3 is 42.0 Å². The van der Waals surface area contributed by atoms with Gasteiger partial charge in [0.2, 0.25) is 0 Å². The number of ether oxygens (including phenoxy) is 1. The monoisotopic (exact) mass is 561 g/mol. The Morgan fingerprint density at radius 1 is 0.706 bits per heavy atom. The van der Waals surface area contributed by atoms with E-state index in [0.717, 1.165) is 11.8 Å². The summed E-state index contributed by atoms with van der Waals surface area (Å²) in [6, 6.07) is 31.6. The van der Waals surface area contributed by atoms with Gasteiger partial charge in [0.1, 0.15) is 14.5 Å². The molecule has 0 aliphatic heterocycles. The molecular formula is C28H28Cl3OSiTi. The Hall–Kier alpha value is -1.39. The van der Waals surface area contributed by atoms with Gasteiger partial charge >= 0.3 is 21.7 Å². The summed E-state index contributed by atoms with van der Waals surface area (Å²) in [6.07, 6.45) is 0. The molecule has 0 bridgehead atoms. The molecular weight excluding hydrogens is 535 g/mol. The van der Waals surface area contributed by atoms with Gasteiger partial charge in [0, 0.05) is 0 Å². The van der Waals surface area contributed by atoms with E-state index in [1.54, 1.807) is 7.11 Å². The maximum atomic E-state index is 5.52. The zero-order valence-electron chi connectivity index (χ0n) is 19.8. The first-order chi connectivity index (χ1) is 14.6. The molecule has 0 aliphatic rings. The van der Waals surface area contributed by atoms with E-state index in [4.69, 9.17) is 4.74 Å². The Labute approximate surface area is 239 Å². The molecule has 34 heavy (non-hydrogen) atoms. The Balaban J connectivity index is 0.00000272. The van der Waals surface area contributed by atoms with E-state index < -0.39 is 8.80 Å². The number of hydrogen-bond donors (Lipinski definition) is 0. The van der Waals surface area contributed by atoms with Crippen molar-refractivity contribution in [1.29, 1.82) is 0 Å². The predicted molar refractivity (Wildman–Crippen MR) is 130 cm³/mol. The van der Waals surface area contributed by atoms with Crippen LogP contribution in [0.3, 0.4) is 0 Å². The van der Waals surface area contributed by atoms with Gasteiger partial charge in [0.15, 0.2) is 0 Å². The normalized spacial score (nSPS) is 9.79. The van der Waals surface area contributed by atoms with Crippen LogP contribution in [0.15, 0.2) is 84.9 Å². The van der Waals surface area contributed by atoms with Crippen molar-refractivity contribution in [2.45, 2.75) is 26.8 Å². The van der Waals surface area contributed by atoms with Crippen molar-refractivity contribution in [3.8, 4) is 16.9 Å². The first-order valence-electron chi connectivity index (χ1n) is 10.5. The van der Waals surface area contributed by atoms with Gasteiger partial charge in [-0.25, -0.2) is 0 Å². The zero-order valence-corrected chi connectivity index (χ0v) is 24.7. The fraction of sp³-hybridized carbons (Fsp3) is 0.179. The second-order valence-corrected chi connectivity index (χ2v) is 10.3. The molecule has 0 saturated carbocycles. The van der Waals surface area contributed by atoms with E-state index in [2.05, 4.69) is 99.6 Å². The second kappa shape index (κ2) is 14.9. The molecule has 0 heterocycles. The summed E-state index contributed by atoms with van der Waals surface area (Å²) in [5, 5.41) is 2.92. The summed E-state index contributed by atoms with van der Waals surface area (Å²) in [5.41, 5.74) is 8.35. The molecule has 0 unspecified atom stereocenters. The van der Waals surface area contributed by atoms with Crippen LogP contribution in [0.2, 0.25) is 0 Å². The average Bonchev–Trinajstić information content (AvgIpc) is 3.02. The molecule has 0 N–H and O–H groups in total. The summed E-state index contributed by atoms with van der Waals surface area (Å²) in [5.74, 6) is 0.908. The first-order valence-corrected chi connectivity index (χ1v) is 12.2. The van der Waals surface area contributed by atoms with Crippen molar-refractivity contribution in [3.05, 3.63) is 107 Å². The third-order valence-electron chi connectivity index (χ3n) is 6.21. The van der Waals surface area contributed by atoms with Gasteiger partial charge in [0.05, 0.1) is 7.11 Å². The van der Waals surface area contributed by atoms with Crippen LogP contribution in [-0.2, 0) is 27.8 Å². The molecule has 0 saturated heterocycles. The standard InChI is InChI=1S/C28H28OSi.3ClH.Ti/c1-20-21(2)27(28(22(20)3)23-12-11-13-24(18-23)29-4)19-30(25-14-7-5-8-15-25)26-16-9-6-10-17-26;;;;/h5-18H,19H2,1-4H3;3*1H;/q-1;;;;+4/p-3. The number of methoxy groups -OCH3 is 1. The van der Waals surface area contributed by atoms with Crippen molar-refractivity contribution in [2.75, 3.05) is 7.11 Å². The van der Waals surface area contributed by atoms with Crippen LogP contribution in [0.5, 0.6) is 5.75 Å². The third-order valence-corrected chi connectivity index (χ3v) is 8.98. The molecule has 0 atom stereocenters. The van der Waals surface area contributed by atoms with Crippen LogP contribution in [0.4, 0.5) is 0 Å². The Morgan fingerprint density at radius 2 is 1.24 bits per heavy atom. The minimum atomic E-state index is -0.953. The van der Waals surface area contributed by atoms with Gasteiger partial charge in [-0.05, 0) is 6.07 Å². The van der Waals surface area contributed by atoms with E-state index in [0.29, 0.717) is 0 Å². The molecule has 0 amide bonds. The van der Waals surface area contributed by atoms with E-state index in [1.165, 1.54) is 43.8 Å². The molecule has 6 heteroatoms. The van der Waals surface area contributed by atoms with Gasteiger partial charge in [0.25, 0.3) is 0 Å².